The number of aliphatic carboxylic acids is 1. The number of anilines is 1. The second-order valence-corrected chi connectivity index (χ2v) is 8.59. The Bertz CT molecular complexity index is 940. The van der Waals surface area contributed by atoms with Crippen molar-refractivity contribution in [2.45, 2.75) is 11.8 Å². The highest BCUT2D eigenvalue weighted by atomic mass is 32.2. The number of rotatable bonds is 4. The maximum absolute atomic E-state index is 13.4. The molecule has 2 heterocycles. The number of thiocarbonyl (C=S) groups is 1. The van der Waals surface area contributed by atoms with Crippen LogP contribution in [-0.4, -0.2) is 39.8 Å². The molecule has 1 aromatic carbocycles. The van der Waals surface area contributed by atoms with Crippen LogP contribution in [0.4, 0.5) is 10.1 Å². The average molecular weight is 423 g/mol. The first-order valence-corrected chi connectivity index (χ1v) is 9.87. The molecule has 0 aromatic heterocycles. The smallest absolute Gasteiger partial charge is 0.323 e. The summed E-state index contributed by atoms with van der Waals surface area (Å²) in [5, 5.41) is 9.80. The summed E-state index contributed by atoms with van der Waals surface area (Å²) in [5.74, 6) is -1.79. The van der Waals surface area contributed by atoms with Crippen molar-refractivity contribution in [2.75, 3.05) is 18.5 Å². The van der Waals surface area contributed by atoms with Gasteiger partial charge in [-0.1, -0.05) is 41.8 Å². The van der Waals surface area contributed by atoms with Gasteiger partial charge in [-0.25, -0.2) is 4.39 Å². The predicted octanol–water partition coefficient (Wildman–Crippen LogP) is 3.98. The first-order valence-electron chi connectivity index (χ1n) is 7.83. The molecule has 0 spiro atoms. The van der Waals surface area contributed by atoms with Gasteiger partial charge in [0.2, 0.25) is 0 Å². The highest BCUT2D eigenvalue weighted by Crippen LogP contribution is 2.45. The van der Waals surface area contributed by atoms with Crippen molar-refractivity contribution in [1.29, 1.82) is 0 Å². The van der Waals surface area contributed by atoms with Gasteiger partial charge < -0.3 is 10.0 Å². The van der Waals surface area contributed by atoms with Crippen molar-refractivity contribution in [1.82, 2.24) is 4.90 Å². The van der Waals surface area contributed by atoms with E-state index in [-0.39, 0.29) is 10.1 Å². The summed E-state index contributed by atoms with van der Waals surface area (Å²) in [7, 11) is 1.87. The average Bonchev–Trinajstić information content (AvgIpc) is 3.04. The maximum Gasteiger partial charge on any atom is 0.323 e. The Morgan fingerprint density at radius 1 is 1.37 bits per heavy atom. The summed E-state index contributed by atoms with van der Waals surface area (Å²) in [6.45, 7) is 1.40. The van der Waals surface area contributed by atoms with E-state index in [4.69, 9.17) is 17.3 Å². The number of carbonyl (C=O) groups is 2. The summed E-state index contributed by atoms with van der Waals surface area (Å²) < 4.78 is 13.7. The fourth-order valence-electron chi connectivity index (χ4n) is 2.51. The molecule has 3 rings (SSSR count). The first-order chi connectivity index (χ1) is 12.8. The fourth-order valence-corrected chi connectivity index (χ4v) is 4.85. The summed E-state index contributed by atoms with van der Waals surface area (Å²) in [4.78, 5) is 27.5. The van der Waals surface area contributed by atoms with Crippen LogP contribution in [0.3, 0.4) is 0 Å². The van der Waals surface area contributed by atoms with Gasteiger partial charge >= 0.3 is 5.97 Å². The van der Waals surface area contributed by atoms with Crippen LogP contribution >= 0.6 is 35.7 Å². The van der Waals surface area contributed by atoms with Crippen molar-refractivity contribution in [3.8, 4) is 0 Å². The molecule has 2 aliphatic rings. The summed E-state index contributed by atoms with van der Waals surface area (Å²) in [5.41, 5.74) is 1.63. The number of carbonyl (C=O) groups excluding carboxylic acids is 1. The SMILES string of the molecule is CC(=CC=C1Sc2ccc(F)cc2N1C)C=C1SC(=S)N(CC(=O)O)C1=O. The minimum Gasteiger partial charge on any atom is -0.480 e. The molecule has 9 heteroatoms. The zero-order valence-electron chi connectivity index (χ0n) is 14.4. The van der Waals surface area contributed by atoms with Gasteiger partial charge in [0.25, 0.3) is 5.91 Å². The molecule has 1 amide bonds. The Morgan fingerprint density at radius 2 is 2.11 bits per heavy atom. The molecule has 27 heavy (non-hydrogen) atoms. The van der Waals surface area contributed by atoms with E-state index in [1.165, 1.54) is 23.9 Å². The highest BCUT2D eigenvalue weighted by molar-refractivity contribution is 8.26. The zero-order chi connectivity index (χ0) is 19.7. The summed E-state index contributed by atoms with van der Waals surface area (Å²) in [6.07, 6.45) is 5.43. The Morgan fingerprint density at radius 3 is 2.81 bits per heavy atom. The van der Waals surface area contributed by atoms with Crippen LogP contribution < -0.4 is 4.90 Å². The third kappa shape index (κ3) is 4.26. The number of benzene rings is 1. The van der Waals surface area contributed by atoms with Crippen LogP contribution in [0, 0.1) is 5.82 Å². The van der Waals surface area contributed by atoms with E-state index in [0.717, 1.165) is 37.8 Å². The Kier molecular flexibility index (Phi) is 5.73. The van der Waals surface area contributed by atoms with Crippen molar-refractivity contribution < 1.29 is 19.1 Å². The van der Waals surface area contributed by atoms with Crippen molar-refractivity contribution in [3.05, 3.63) is 57.8 Å². The number of halogens is 1. The molecule has 0 radical (unpaired) electrons. The number of nitrogens with zero attached hydrogens (tertiary/aromatic N) is 2. The van der Waals surface area contributed by atoms with Crippen LogP contribution in [0.25, 0.3) is 0 Å². The maximum atomic E-state index is 13.4. The number of amides is 1. The summed E-state index contributed by atoms with van der Waals surface area (Å²) in [6, 6.07) is 4.67. The Balaban J connectivity index is 1.76. The van der Waals surface area contributed by atoms with Gasteiger partial charge in [-0.05, 0) is 42.8 Å². The molecule has 0 unspecified atom stereocenters. The molecule has 0 bridgehead atoms. The predicted molar refractivity (Wildman–Crippen MR) is 110 cm³/mol. The molecule has 0 saturated carbocycles. The van der Waals surface area contributed by atoms with Crippen LogP contribution in [-0.2, 0) is 9.59 Å². The number of fused-ring (bicyclic) bond motifs is 1. The van der Waals surface area contributed by atoms with Crippen LogP contribution in [0.1, 0.15) is 6.92 Å². The van der Waals surface area contributed by atoms with Crippen LogP contribution in [0.2, 0.25) is 0 Å². The second kappa shape index (κ2) is 7.87. The molecule has 140 valence electrons. The van der Waals surface area contributed by atoms with Gasteiger partial charge in [0, 0.05) is 11.9 Å². The lowest BCUT2D eigenvalue weighted by Crippen LogP contribution is -2.33. The highest BCUT2D eigenvalue weighted by Gasteiger charge is 2.33. The van der Waals surface area contributed by atoms with E-state index < -0.39 is 18.4 Å². The van der Waals surface area contributed by atoms with E-state index in [2.05, 4.69) is 0 Å². The number of carboxylic acid groups (broad SMARTS) is 1. The molecule has 1 aromatic rings. The zero-order valence-corrected chi connectivity index (χ0v) is 16.9. The number of hydrogen-bond acceptors (Lipinski definition) is 6. The minimum atomic E-state index is -1.11. The van der Waals surface area contributed by atoms with Crippen molar-refractivity contribution in [3.63, 3.8) is 0 Å². The van der Waals surface area contributed by atoms with E-state index in [9.17, 15) is 14.0 Å². The quantitative estimate of drug-likeness (QED) is 0.582. The molecule has 2 aliphatic heterocycles. The second-order valence-electron chi connectivity index (χ2n) is 5.85. The van der Waals surface area contributed by atoms with Crippen molar-refractivity contribution in [2.24, 2.45) is 0 Å². The van der Waals surface area contributed by atoms with Gasteiger partial charge in [-0.15, -0.1) is 0 Å². The fraction of sp³-hybridized carbons (Fsp3) is 0.167. The van der Waals surface area contributed by atoms with E-state index in [1.54, 1.807) is 12.1 Å². The third-order valence-corrected chi connectivity index (χ3v) is 6.40. The number of carboxylic acids is 1. The Hall–Kier alpha value is -2.10. The normalized spacial score (nSPS) is 20.2. The molecular formula is C18H15FN2O3S3. The monoisotopic (exact) mass is 422 g/mol. The van der Waals surface area contributed by atoms with Gasteiger partial charge in [0.1, 0.15) is 16.7 Å². The lowest BCUT2D eigenvalue weighted by atomic mass is 10.2. The number of hydrogen-bond donors (Lipinski definition) is 1. The first kappa shape index (κ1) is 19.7. The van der Waals surface area contributed by atoms with Crippen LogP contribution in [0.15, 0.2) is 56.8 Å². The Labute approximate surface area is 169 Å². The lowest BCUT2D eigenvalue weighted by Gasteiger charge is -2.12. The molecule has 1 N–H and O–H groups in total. The molecule has 1 fully saturated rings. The summed E-state index contributed by atoms with van der Waals surface area (Å²) >= 11 is 7.70. The molecule has 1 saturated heterocycles. The standard InChI is InChI=1S/C18H15FN2O3S3/c1-10(7-14-17(24)21(9-16(22)23)18(25)27-14)3-6-15-20(2)12-8-11(19)4-5-13(12)26-15/h3-8H,9H2,1-2H3,(H,22,23). The van der Waals surface area contributed by atoms with E-state index in [1.807, 2.05) is 31.0 Å². The molecule has 0 atom stereocenters. The molecule has 0 aliphatic carbocycles. The van der Waals surface area contributed by atoms with Gasteiger partial charge in [-0.2, -0.15) is 0 Å². The van der Waals surface area contributed by atoms with E-state index >= 15 is 0 Å². The third-order valence-electron chi connectivity index (χ3n) is 3.84. The van der Waals surface area contributed by atoms with Gasteiger partial charge in [0.05, 0.1) is 15.6 Å². The lowest BCUT2D eigenvalue weighted by molar-refractivity contribution is -0.140. The van der Waals surface area contributed by atoms with E-state index in [0.29, 0.717) is 4.91 Å². The largest absolute Gasteiger partial charge is 0.480 e. The van der Waals surface area contributed by atoms with Crippen molar-refractivity contribution >= 4 is 57.6 Å². The van der Waals surface area contributed by atoms with Gasteiger partial charge in [-0.3, -0.25) is 14.5 Å². The molecular weight excluding hydrogens is 407 g/mol. The number of allylic oxidation sites excluding steroid dienone is 4. The number of thioether (sulfide) groups is 2. The van der Waals surface area contributed by atoms with Crippen LogP contribution in [0.5, 0.6) is 0 Å². The molecule has 5 nitrogen and oxygen atoms in total. The van der Waals surface area contributed by atoms with Gasteiger partial charge in [0.15, 0.2) is 0 Å². The minimum absolute atomic E-state index is 0.239. The topological polar surface area (TPSA) is 60.9 Å².